The standard InChI is InChI=1S/C12H14N4/c13-10-8-15-11(16-12(10)14)7-6-9-4-2-1-3-5-9/h1-5,8H,6-7,13H2,(H2,14,15,16). The number of hydrogen-bond donors (Lipinski definition) is 2. The summed E-state index contributed by atoms with van der Waals surface area (Å²) in [4.78, 5) is 8.27. The van der Waals surface area contributed by atoms with Crippen LogP contribution < -0.4 is 11.5 Å². The van der Waals surface area contributed by atoms with Crippen LogP contribution in [0.3, 0.4) is 0 Å². The second-order valence-corrected chi connectivity index (χ2v) is 3.61. The van der Waals surface area contributed by atoms with Gasteiger partial charge >= 0.3 is 0 Å². The van der Waals surface area contributed by atoms with Gasteiger partial charge in [0.1, 0.15) is 11.6 Å². The summed E-state index contributed by atoms with van der Waals surface area (Å²) in [5.41, 5.74) is 12.9. The number of nitrogens with zero attached hydrogens (tertiary/aromatic N) is 2. The van der Waals surface area contributed by atoms with Gasteiger partial charge in [0.15, 0.2) is 0 Å². The lowest BCUT2D eigenvalue weighted by Crippen LogP contribution is -2.04. The lowest BCUT2D eigenvalue weighted by molar-refractivity contribution is 0.862. The molecule has 1 aromatic carbocycles. The second kappa shape index (κ2) is 4.61. The number of aromatic nitrogens is 2. The quantitative estimate of drug-likeness (QED) is 0.810. The lowest BCUT2D eigenvalue weighted by atomic mass is 10.1. The Labute approximate surface area is 94.3 Å². The van der Waals surface area contributed by atoms with Gasteiger partial charge < -0.3 is 11.5 Å². The van der Waals surface area contributed by atoms with Crippen LogP contribution in [0.15, 0.2) is 36.5 Å². The average molecular weight is 214 g/mol. The summed E-state index contributed by atoms with van der Waals surface area (Å²) in [5, 5.41) is 0. The molecule has 0 spiro atoms. The van der Waals surface area contributed by atoms with Crippen molar-refractivity contribution in [1.82, 2.24) is 9.97 Å². The maximum atomic E-state index is 5.61. The minimum atomic E-state index is 0.359. The average Bonchev–Trinajstić information content (AvgIpc) is 2.32. The monoisotopic (exact) mass is 214 g/mol. The summed E-state index contributed by atoms with van der Waals surface area (Å²) in [5.74, 6) is 1.09. The second-order valence-electron chi connectivity index (χ2n) is 3.61. The number of nitrogen functional groups attached to an aromatic ring is 2. The van der Waals surface area contributed by atoms with E-state index in [1.807, 2.05) is 18.2 Å². The molecule has 4 nitrogen and oxygen atoms in total. The van der Waals surface area contributed by atoms with Crippen LogP contribution in [0.4, 0.5) is 11.5 Å². The van der Waals surface area contributed by atoms with E-state index in [0.717, 1.165) is 18.7 Å². The smallest absolute Gasteiger partial charge is 0.150 e. The molecule has 0 saturated carbocycles. The van der Waals surface area contributed by atoms with Gasteiger partial charge in [0, 0.05) is 6.42 Å². The fourth-order valence-corrected chi connectivity index (χ4v) is 1.46. The third-order valence-corrected chi connectivity index (χ3v) is 2.38. The van der Waals surface area contributed by atoms with E-state index >= 15 is 0 Å². The zero-order valence-electron chi connectivity index (χ0n) is 8.93. The predicted molar refractivity (Wildman–Crippen MR) is 64.7 cm³/mol. The third-order valence-electron chi connectivity index (χ3n) is 2.38. The molecule has 0 bridgehead atoms. The first-order valence-electron chi connectivity index (χ1n) is 5.16. The van der Waals surface area contributed by atoms with Gasteiger partial charge in [-0.25, -0.2) is 9.97 Å². The van der Waals surface area contributed by atoms with E-state index in [0.29, 0.717) is 11.5 Å². The minimum Gasteiger partial charge on any atom is -0.394 e. The van der Waals surface area contributed by atoms with Crippen LogP contribution in [-0.4, -0.2) is 9.97 Å². The van der Waals surface area contributed by atoms with Crippen molar-refractivity contribution in [1.29, 1.82) is 0 Å². The molecule has 4 N–H and O–H groups in total. The number of rotatable bonds is 3. The van der Waals surface area contributed by atoms with Crippen molar-refractivity contribution in [3.8, 4) is 0 Å². The van der Waals surface area contributed by atoms with E-state index in [4.69, 9.17) is 11.5 Å². The largest absolute Gasteiger partial charge is 0.394 e. The molecule has 2 aromatic rings. The van der Waals surface area contributed by atoms with E-state index < -0.39 is 0 Å². The van der Waals surface area contributed by atoms with Gasteiger partial charge in [-0.05, 0) is 12.0 Å². The molecule has 0 amide bonds. The Kier molecular flexibility index (Phi) is 3.00. The molecule has 0 atom stereocenters. The number of anilines is 2. The number of nitrogens with two attached hydrogens (primary N) is 2. The first-order valence-corrected chi connectivity index (χ1v) is 5.16. The topological polar surface area (TPSA) is 77.8 Å². The zero-order valence-corrected chi connectivity index (χ0v) is 8.93. The molecule has 0 unspecified atom stereocenters. The maximum absolute atomic E-state index is 5.61. The Morgan fingerprint density at radius 2 is 1.75 bits per heavy atom. The van der Waals surface area contributed by atoms with Crippen LogP contribution >= 0.6 is 0 Å². The van der Waals surface area contributed by atoms with E-state index in [1.165, 1.54) is 5.56 Å². The normalized spacial score (nSPS) is 10.2. The molecular formula is C12H14N4. The predicted octanol–water partition coefficient (Wildman–Crippen LogP) is 1.43. The summed E-state index contributed by atoms with van der Waals surface area (Å²) >= 11 is 0. The number of hydrogen-bond acceptors (Lipinski definition) is 4. The highest BCUT2D eigenvalue weighted by atomic mass is 15.0. The third kappa shape index (κ3) is 2.48. The maximum Gasteiger partial charge on any atom is 0.150 e. The Bertz CT molecular complexity index is 468. The van der Waals surface area contributed by atoms with Gasteiger partial charge in [0.25, 0.3) is 0 Å². The minimum absolute atomic E-state index is 0.359. The van der Waals surface area contributed by atoms with Crippen molar-refractivity contribution >= 4 is 11.5 Å². The SMILES string of the molecule is Nc1cnc(CCc2ccccc2)nc1N. The summed E-state index contributed by atoms with van der Waals surface area (Å²) in [6.45, 7) is 0. The lowest BCUT2D eigenvalue weighted by Gasteiger charge is -2.03. The van der Waals surface area contributed by atoms with Crippen LogP contribution in [0.2, 0.25) is 0 Å². The van der Waals surface area contributed by atoms with Crippen LogP contribution in [0.25, 0.3) is 0 Å². The van der Waals surface area contributed by atoms with Gasteiger partial charge in [0.2, 0.25) is 0 Å². The summed E-state index contributed by atoms with van der Waals surface area (Å²) in [6.07, 6.45) is 3.24. The highest BCUT2D eigenvalue weighted by Gasteiger charge is 2.01. The Hall–Kier alpha value is -2.10. The van der Waals surface area contributed by atoms with Gasteiger partial charge in [-0.15, -0.1) is 0 Å². The number of benzene rings is 1. The molecule has 2 rings (SSSR count). The summed E-state index contributed by atoms with van der Waals surface area (Å²) in [7, 11) is 0. The molecule has 4 heteroatoms. The van der Waals surface area contributed by atoms with Gasteiger partial charge in [0.05, 0.1) is 11.9 Å². The van der Waals surface area contributed by atoms with E-state index in [2.05, 4.69) is 22.1 Å². The van der Waals surface area contributed by atoms with Crippen molar-refractivity contribution in [3.63, 3.8) is 0 Å². The Morgan fingerprint density at radius 1 is 1.00 bits per heavy atom. The number of aryl methyl sites for hydroxylation is 2. The van der Waals surface area contributed by atoms with Crippen molar-refractivity contribution < 1.29 is 0 Å². The molecular weight excluding hydrogens is 200 g/mol. The molecule has 0 aliphatic heterocycles. The van der Waals surface area contributed by atoms with Crippen molar-refractivity contribution in [2.24, 2.45) is 0 Å². The zero-order chi connectivity index (χ0) is 11.4. The van der Waals surface area contributed by atoms with Crippen LogP contribution in [-0.2, 0) is 12.8 Å². The van der Waals surface area contributed by atoms with Crippen molar-refractivity contribution in [2.75, 3.05) is 11.5 Å². The Balaban J connectivity index is 2.03. The van der Waals surface area contributed by atoms with E-state index in [-0.39, 0.29) is 0 Å². The fourth-order valence-electron chi connectivity index (χ4n) is 1.46. The fraction of sp³-hybridized carbons (Fsp3) is 0.167. The molecule has 1 aromatic heterocycles. The first kappa shape index (κ1) is 10.4. The summed E-state index contributed by atoms with van der Waals surface area (Å²) < 4.78 is 0. The highest BCUT2D eigenvalue weighted by molar-refractivity contribution is 5.55. The van der Waals surface area contributed by atoms with Crippen LogP contribution in [0, 0.1) is 0 Å². The molecule has 1 heterocycles. The molecule has 0 aliphatic carbocycles. The van der Waals surface area contributed by atoms with Crippen LogP contribution in [0.5, 0.6) is 0 Å². The van der Waals surface area contributed by atoms with Gasteiger partial charge in [-0.2, -0.15) is 0 Å². The molecule has 0 fully saturated rings. The van der Waals surface area contributed by atoms with Crippen molar-refractivity contribution in [3.05, 3.63) is 47.9 Å². The molecule has 0 radical (unpaired) electrons. The van der Waals surface area contributed by atoms with E-state index in [9.17, 15) is 0 Å². The molecule has 0 saturated heterocycles. The van der Waals surface area contributed by atoms with Gasteiger partial charge in [-0.3, -0.25) is 0 Å². The summed E-state index contributed by atoms with van der Waals surface area (Å²) in [6, 6.07) is 10.2. The van der Waals surface area contributed by atoms with Crippen molar-refractivity contribution in [2.45, 2.75) is 12.8 Å². The van der Waals surface area contributed by atoms with Gasteiger partial charge in [-0.1, -0.05) is 30.3 Å². The molecule has 82 valence electrons. The molecule has 16 heavy (non-hydrogen) atoms. The Morgan fingerprint density at radius 3 is 2.44 bits per heavy atom. The highest BCUT2D eigenvalue weighted by Crippen LogP contribution is 2.10. The molecule has 0 aliphatic rings. The first-order chi connectivity index (χ1) is 7.75. The van der Waals surface area contributed by atoms with Crippen LogP contribution in [0.1, 0.15) is 11.4 Å². The van der Waals surface area contributed by atoms with E-state index in [1.54, 1.807) is 6.20 Å².